The summed E-state index contributed by atoms with van der Waals surface area (Å²) >= 11 is 1.54. The first kappa shape index (κ1) is 26.3. The number of benzene rings is 1. The summed E-state index contributed by atoms with van der Waals surface area (Å²) in [5.41, 5.74) is 0. The van der Waals surface area contributed by atoms with Crippen LogP contribution in [0.15, 0.2) is 34.1 Å². The Balaban J connectivity index is 1.49. The predicted molar refractivity (Wildman–Crippen MR) is 129 cm³/mol. The maximum atomic E-state index is 13.0. The number of urea groups is 1. The number of morpholine rings is 1. The Morgan fingerprint density at radius 3 is 2.53 bits per heavy atom. The van der Waals surface area contributed by atoms with Crippen molar-refractivity contribution in [1.29, 1.82) is 5.26 Å². The first-order valence-electron chi connectivity index (χ1n) is 11.6. The van der Waals surface area contributed by atoms with E-state index in [9.17, 15) is 18.0 Å². The van der Waals surface area contributed by atoms with Crippen molar-refractivity contribution in [2.45, 2.75) is 35.5 Å². The van der Waals surface area contributed by atoms with Gasteiger partial charge in [0.15, 0.2) is 9.84 Å². The summed E-state index contributed by atoms with van der Waals surface area (Å²) in [5.74, 6) is -0.253. The third kappa shape index (κ3) is 7.61. The molecule has 1 heterocycles. The Morgan fingerprint density at radius 1 is 1.12 bits per heavy atom. The van der Waals surface area contributed by atoms with Gasteiger partial charge in [-0.3, -0.25) is 4.79 Å². The molecule has 0 spiro atoms. The fourth-order valence-electron chi connectivity index (χ4n) is 4.34. The Morgan fingerprint density at radius 2 is 1.82 bits per heavy atom. The summed E-state index contributed by atoms with van der Waals surface area (Å²) in [5, 5.41) is 14.2. The van der Waals surface area contributed by atoms with Gasteiger partial charge in [0.2, 0.25) is 5.91 Å². The van der Waals surface area contributed by atoms with E-state index in [0.717, 1.165) is 17.7 Å². The molecule has 2 N–H and O–H groups in total. The lowest BCUT2D eigenvalue weighted by Gasteiger charge is -2.30. The van der Waals surface area contributed by atoms with Crippen LogP contribution in [0.3, 0.4) is 0 Å². The highest BCUT2D eigenvalue weighted by Crippen LogP contribution is 2.33. The van der Waals surface area contributed by atoms with Crippen molar-refractivity contribution in [1.82, 2.24) is 15.5 Å². The molecular formula is C23H32N4O5S2. The molecule has 34 heavy (non-hydrogen) atoms. The molecule has 1 saturated carbocycles. The lowest BCUT2D eigenvalue weighted by atomic mass is 9.80. The van der Waals surface area contributed by atoms with Crippen molar-refractivity contribution in [2.75, 3.05) is 50.9 Å². The number of carbonyl (C=O) groups excluding carboxylic acids is 2. The van der Waals surface area contributed by atoms with Crippen LogP contribution in [0.25, 0.3) is 0 Å². The van der Waals surface area contributed by atoms with E-state index in [1.54, 1.807) is 40.9 Å². The largest absolute Gasteiger partial charge is 0.378 e. The molecule has 2 aliphatic rings. The Kier molecular flexibility index (Phi) is 10.0. The molecule has 1 aliphatic heterocycles. The highest BCUT2D eigenvalue weighted by Gasteiger charge is 2.34. The minimum atomic E-state index is -3.54. The van der Waals surface area contributed by atoms with E-state index >= 15 is 0 Å². The zero-order chi connectivity index (χ0) is 24.4. The van der Waals surface area contributed by atoms with E-state index in [0.29, 0.717) is 51.4 Å². The Bertz CT molecular complexity index is 972. The number of hydrogen-bond donors (Lipinski definition) is 2. The van der Waals surface area contributed by atoms with E-state index < -0.39 is 9.84 Å². The molecule has 0 radical (unpaired) electrons. The SMILES string of the molecule is N#CCNC(=O)[C@H]1CCCC[C@@H]1CS(=O)(=O)c1ccc(SCCNC(=O)N2CCOCC2)cc1. The van der Waals surface area contributed by atoms with Crippen LogP contribution in [0, 0.1) is 23.2 Å². The lowest BCUT2D eigenvalue weighted by molar-refractivity contribution is -0.127. The molecule has 0 unspecified atom stereocenters. The summed E-state index contributed by atoms with van der Waals surface area (Å²) in [6.45, 7) is 2.77. The number of amides is 3. The van der Waals surface area contributed by atoms with E-state index in [4.69, 9.17) is 10.00 Å². The summed E-state index contributed by atoms with van der Waals surface area (Å²) in [6, 6.07) is 8.57. The van der Waals surface area contributed by atoms with Crippen LogP contribution in [0.1, 0.15) is 25.7 Å². The number of thioether (sulfide) groups is 1. The first-order chi connectivity index (χ1) is 16.4. The zero-order valence-corrected chi connectivity index (χ0v) is 20.8. The first-order valence-corrected chi connectivity index (χ1v) is 14.3. The second-order valence-electron chi connectivity index (χ2n) is 8.46. The molecule has 1 aromatic rings. The predicted octanol–water partition coefficient (Wildman–Crippen LogP) is 2.04. The average Bonchev–Trinajstić information content (AvgIpc) is 2.86. The van der Waals surface area contributed by atoms with Crippen molar-refractivity contribution < 1.29 is 22.7 Å². The van der Waals surface area contributed by atoms with Crippen molar-refractivity contribution >= 4 is 33.5 Å². The summed E-state index contributed by atoms with van der Waals surface area (Å²) in [4.78, 5) is 27.4. The second kappa shape index (κ2) is 13.0. The molecule has 0 aromatic heterocycles. The Hall–Kier alpha value is -2.29. The molecule has 1 aromatic carbocycles. The van der Waals surface area contributed by atoms with Crippen LogP contribution in [-0.2, 0) is 19.4 Å². The van der Waals surface area contributed by atoms with Crippen molar-refractivity contribution in [3.05, 3.63) is 24.3 Å². The fourth-order valence-corrected chi connectivity index (χ4v) is 6.81. The summed E-state index contributed by atoms with van der Waals surface area (Å²) in [7, 11) is -3.54. The van der Waals surface area contributed by atoms with Crippen LogP contribution < -0.4 is 10.6 Å². The van der Waals surface area contributed by atoms with Crippen LogP contribution in [-0.4, -0.2) is 76.2 Å². The van der Waals surface area contributed by atoms with E-state index in [2.05, 4.69) is 10.6 Å². The minimum absolute atomic E-state index is 0.0647. The maximum Gasteiger partial charge on any atom is 0.317 e. The standard InChI is InChI=1S/C23H32N4O5S2/c24-9-10-25-22(28)21-4-2-1-3-18(21)17-34(30,31)20-7-5-19(6-8-20)33-16-11-26-23(29)27-12-14-32-15-13-27/h5-8,18,21H,1-4,10-17H2,(H,25,28)(H,26,29)/t18-,21+/m1/s1. The molecule has 2 atom stereocenters. The molecule has 2 fully saturated rings. The fraction of sp³-hybridized carbons (Fsp3) is 0.609. The van der Waals surface area contributed by atoms with Gasteiger partial charge in [0.05, 0.1) is 29.9 Å². The molecule has 0 bridgehead atoms. The van der Waals surface area contributed by atoms with Crippen LogP contribution in [0.5, 0.6) is 0 Å². The van der Waals surface area contributed by atoms with Gasteiger partial charge >= 0.3 is 6.03 Å². The number of carbonyl (C=O) groups is 2. The Labute approximate surface area is 205 Å². The van der Waals surface area contributed by atoms with Gasteiger partial charge in [0.1, 0.15) is 6.54 Å². The van der Waals surface area contributed by atoms with Gasteiger partial charge in [-0.2, -0.15) is 5.26 Å². The van der Waals surface area contributed by atoms with Crippen molar-refractivity contribution in [3.8, 4) is 6.07 Å². The van der Waals surface area contributed by atoms with Gasteiger partial charge in [-0.1, -0.05) is 12.8 Å². The zero-order valence-electron chi connectivity index (χ0n) is 19.2. The van der Waals surface area contributed by atoms with Gasteiger partial charge < -0.3 is 20.3 Å². The molecule has 186 valence electrons. The third-order valence-electron chi connectivity index (χ3n) is 6.15. The molecule has 11 heteroatoms. The number of hydrogen-bond acceptors (Lipinski definition) is 7. The number of nitriles is 1. The summed E-state index contributed by atoms with van der Waals surface area (Å²) < 4.78 is 31.3. The van der Waals surface area contributed by atoms with Gasteiger partial charge in [-0.05, 0) is 43.0 Å². The lowest BCUT2D eigenvalue weighted by Crippen LogP contribution is -2.46. The quantitative estimate of drug-likeness (QED) is 0.297. The number of rotatable bonds is 9. The number of nitrogens with one attached hydrogen (secondary N) is 2. The second-order valence-corrected chi connectivity index (χ2v) is 11.7. The summed E-state index contributed by atoms with van der Waals surface area (Å²) in [6.07, 6.45) is 3.13. The van der Waals surface area contributed by atoms with Gasteiger partial charge in [-0.25, -0.2) is 13.2 Å². The monoisotopic (exact) mass is 508 g/mol. The van der Waals surface area contributed by atoms with Crippen LogP contribution in [0.2, 0.25) is 0 Å². The number of sulfone groups is 1. The van der Waals surface area contributed by atoms with Gasteiger partial charge in [0, 0.05) is 36.2 Å². The average molecular weight is 509 g/mol. The molecule has 3 rings (SSSR count). The van der Waals surface area contributed by atoms with E-state index in [1.165, 1.54) is 0 Å². The molecule has 9 nitrogen and oxygen atoms in total. The molecule has 1 saturated heterocycles. The molecule has 3 amide bonds. The van der Waals surface area contributed by atoms with Crippen molar-refractivity contribution in [2.24, 2.45) is 11.8 Å². The van der Waals surface area contributed by atoms with Crippen LogP contribution in [0.4, 0.5) is 4.79 Å². The maximum absolute atomic E-state index is 13.0. The smallest absolute Gasteiger partial charge is 0.317 e. The minimum Gasteiger partial charge on any atom is -0.378 e. The van der Waals surface area contributed by atoms with Crippen LogP contribution >= 0.6 is 11.8 Å². The highest BCUT2D eigenvalue weighted by molar-refractivity contribution is 7.99. The van der Waals surface area contributed by atoms with Gasteiger partial charge in [0.25, 0.3) is 0 Å². The third-order valence-corrected chi connectivity index (χ3v) is 9.02. The highest BCUT2D eigenvalue weighted by atomic mass is 32.2. The number of ether oxygens (including phenoxy) is 1. The normalized spacial score (nSPS) is 20.9. The molecule has 1 aliphatic carbocycles. The molecular weight excluding hydrogens is 476 g/mol. The van der Waals surface area contributed by atoms with Crippen molar-refractivity contribution in [3.63, 3.8) is 0 Å². The topological polar surface area (TPSA) is 129 Å². The van der Waals surface area contributed by atoms with E-state index in [-0.39, 0.29) is 41.0 Å². The number of nitrogens with zero attached hydrogens (tertiary/aromatic N) is 2. The van der Waals surface area contributed by atoms with Gasteiger partial charge in [-0.15, -0.1) is 11.8 Å². The van der Waals surface area contributed by atoms with E-state index in [1.807, 2.05) is 6.07 Å².